The van der Waals surface area contributed by atoms with Crippen molar-refractivity contribution in [2.24, 2.45) is 16.7 Å². The number of carbonyl (C=O) groups is 2. The highest BCUT2D eigenvalue weighted by Gasteiger charge is 2.60. The number of nitrogens with zero attached hydrogens (tertiary/aromatic N) is 1. The summed E-state index contributed by atoms with van der Waals surface area (Å²) in [5.74, 6) is 1.05. The number of nitrogens with one attached hydrogen (secondary N) is 3. The van der Waals surface area contributed by atoms with Crippen LogP contribution in [0.4, 0.5) is 11.5 Å². The van der Waals surface area contributed by atoms with Crippen LogP contribution < -0.4 is 16.0 Å². The molecular weight excluding hydrogens is 368 g/mol. The summed E-state index contributed by atoms with van der Waals surface area (Å²) >= 11 is 0. The number of carbonyl (C=O) groups excluding carboxylic acids is 2. The Labute approximate surface area is 171 Å². The van der Waals surface area contributed by atoms with Gasteiger partial charge in [0.2, 0.25) is 5.91 Å². The molecular formula is C22H30N4O3. The molecule has 2 heterocycles. The fraction of sp³-hybridized carbons (Fsp3) is 0.682. The number of hydrogen-bond acceptors (Lipinski definition) is 5. The fourth-order valence-corrected chi connectivity index (χ4v) is 7.22. The van der Waals surface area contributed by atoms with Gasteiger partial charge in [0.15, 0.2) is 0 Å². The summed E-state index contributed by atoms with van der Waals surface area (Å²) in [4.78, 5) is 28.2. The van der Waals surface area contributed by atoms with Gasteiger partial charge in [-0.25, -0.2) is 4.98 Å². The monoisotopic (exact) mass is 398 g/mol. The summed E-state index contributed by atoms with van der Waals surface area (Å²) in [6.45, 7) is 6.07. The molecule has 4 bridgehead atoms. The first-order valence-corrected chi connectivity index (χ1v) is 10.7. The van der Waals surface area contributed by atoms with Crippen LogP contribution in [0, 0.1) is 16.7 Å². The largest absolute Gasteiger partial charge is 0.373 e. The molecule has 156 valence electrons. The lowest BCUT2D eigenvalue weighted by Gasteiger charge is -2.65. The Hall–Kier alpha value is -2.15. The average Bonchev–Trinajstić information content (AvgIpc) is 2.61. The first-order chi connectivity index (χ1) is 13.8. The van der Waals surface area contributed by atoms with Crippen LogP contribution in [0.5, 0.6) is 0 Å². The molecule has 0 aromatic carbocycles. The third kappa shape index (κ3) is 3.50. The molecule has 2 amide bonds. The number of hydrogen-bond donors (Lipinski definition) is 3. The smallest absolute Gasteiger partial charge is 0.253 e. The van der Waals surface area contributed by atoms with E-state index in [0.717, 1.165) is 18.8 Å². The van der Waals surface area contributed by atoms with E-state index in [4.69, 9.17) is 4.74 Å². The van der Waals surface area contributed by atoms with Crippen molar-refractivity contribution in [2.45, 2.75) is 58.0 Å². The quantitative estimate of drug-likeness (QED) is 0.663. The van der Waals surface area contributed by atoms with Gasteiger partial charge < -0.3 is 20.7 Å². The maximum atomic E-state index is 12.5. The van der Waals surface area contributed by atoms with E-state index < -0.39 is 0 Å². The number of fused-ring (bicyclic) bond motifs is 1. The normalized spacial score (nSPS) is 36.9. The molecule has 4 fully saturated rings. The van der Waals surface area contributed by atoms with Gasteiger partial charge in [0.25, 0.3) is 5.91 Å². The second-order valence-electron chi connectivity index (χ2n) is 10.4. The predicted octanol–water partition coefficient (Wildman–Crippen LogP) is 2.94. The van der Waals surface area contributed by atoms with Gasteiger partial charge in [-0.3, -0.25) is 9.59 Å². The molecule has 0 radical (unpaired) electrons. The molecule has 5 aliphatic rings. The van der Waals surface area contributed by atoms with Crippen LogP contribution in [0.2, 0.25) is 0 Å². The van der Waals surface area contributed by atoms with Gasteiger partial charge in [0.05, 0.1) is 30.0 Å². The number of aromatic nitrogens is 1. The van der Waals surface area contributed by atoms with Crippen molar-refractivity contribution in [3.63, 3.8) is 0 Å². The molecule has 0 saturated heterocycles. The number of pyridine rings is 1. The molecule has 6 rings (SSSR count). The first kappa shape index (κ1) is 18.9. The van der Waals surface area contributed by atoms with Crippen LogP contribution in [0.1, 0.15) is 62.7 Å². The van der Waals surface area contributed by atoms with Gasteiger partial charge in [0, 0.05) is 12.7 Å². The molecule has 4 saturated carbocycles. The van der Waals surface area contributed by atoms with Crippen molar-refractivity contribution in [3.05, 3.63) is 17.8 Å². The first-order valence-electron chi connectivity index (χ1n) is 10.7. The molecule has 29 heavy (non-hydrogen) atoms. The Morgan fingerprint density at radius 2 is 2.00 bits per heavy atom. The third-order valence-corrected chi connectivity index (χ3v) is 7.21. The van der Waals surface area contributed by atoms with Gasteiger partial charge in [-0.2, -0.15) is 0 Å². The van der Waals surface area contributed by atoms with Crippen molar-refractivity contribution in [3.8, 4) is 0 Å². The van der Waals surface area contributed by atoms with Crippen LogP contribution in [0.3, 0.4) is 0 Å². The van der Waals surface area contributed by atoms with E-state index in [9.17, 15) is 9.59 Å². The van der Waals surface area contributed by atoms with Crippen molar-refractivity contribution in [1.82, 2.24) is 10.3 Å². The second-order valence-corrected chi connectivity index (χ2v) is 10.4. The van der Waals surface area contributed by atoms with E-state index in [1.807, 2.05) is 0 Å². The zero-order chi connectivity index (χ0) is 20.3. The maximum absolute atomic E-state index is 12.5. The lowest BCUT2D eigenvalue weighted by Crippen LogP contribution is -2.59. The number of ether oxygens (including phenoxy) is 1. The molecule has 7 nitrogen and oxygen atoms in total. The zero-order valence-electron chi connectivity index (χ0n) is 17.3. The number of rotatable bonds is 5. The van der Waals surface area contributed by atoms with E-state index in [2.05, 4.69) is 34.8 Å². The number of anilines is 2. The standard InChI is InChI=1S/C22H30N4O3/c1-20-6-14-7-21(2,11-20)13-22(8-14,12-20)29-4-3-23-19(28)15-5-16-18(24-9-15)25-10-17(27)26-16/h5,9,14H,3-4,6-8,10-13H2,1-2H3,(H,23,28)(H,24,25)(H,26,27). The van der Waals surface area contributed by atoms with Gasteiger partial charge in [-0.15, -0.1) is 0 Å². The minimum atomic E-state index is -0.201. The molecule has 1 aliphatic heterocycles. The summed E-state index contributed by atoms with van der Waals surface area (Å²) in [7, 11) is 0. The Morgan fingerprint density at radius 1 is 1.24 bits per heavy atom. The average molecular weight is 399 g/mol. The van der Waals surface area contributed by atoms with E-state index in [0.29, 0.717) is 41.1 Å². The Kier molecular flexibility index (Phi) is 4.18. The van der Waals surface area contributed by atoms with Crippen LogP contribution in [-0.4, -0.2) is 42.1 Å². The van der Waals surface area contributed by atoms with Crippen molar-refractivity contribution in [1.29, 1.82) is 0 Å². The lowest BCUT2D eigenvalue weighted by atomic mass is 9.43. The second kappa shape index (κ2) is 6.42. The van der Waals surface area contributed by atoms with Crippen LogP contribution in [0.15, 0.2) is 12.3 Å². The minimum absolute atomic E-state index is 0.00301. The van der Waals surface area contributed by atoms with E-state index in [1.54, 1.807) is 6.07 Å². The van der Waals surface area contributed by atoms with Crippen molar-refractivity contribution >= 4 is 23.3 Å². The SMILES string of the molecule is CC12CC3CC(C)(C1)CC(OCCNC(=O)c1cnc4c(c1)NC(=O)CN4)(C3)C2. The predicted molar refractivity (Wildman–Crippen MR) is 110 cm³/mol. The van der Waals surface area contributed by atoms with Gasteiger partial charge in [-0.05, 0) is 61.3 Å². The molecule has 1 aromatic heterocycles. The Balaban J connectivity index is 1.17. The van der Waals surface area contributed by atoms with Crippen LogP contribution >= 0.6 is 0 Å². The van der Waals surface area contributed by atoms with Gasteiger partial charge >= 0.3 is 0 Å². The summed E-state index contributed by atoms with van der Waals surface area (Å²) < 4.78 is 6.47. The Bertz CT molecular complexity index is 852. The van der Waals surface area contributed by atoms with Gasteiger partial charge in [-0.1, -0.05) is 13.8 Å². The summed E-state index contributed by atoms with van der Waals surface area (Å²) in [5, 5.41) is 8.59. The zero-order valence-corrected chi connectivity index (χ0v) is 17.3. The summed E-state index contributed by atoms with van der Waals surface area (Å²) in [5.41, 5.74) is 1.81. The van der Waals surface area contributed by atoms with E-state index in [-0.39, 0.29) is 24.0 Å². The molecule has 2 atom stereocenters. The molecule has 2 unspecified atom stereocenters. The highest BCUT2D eigenvalue weighted by molar-refractivity contribution is 6.02. The van der Waals surface area contributed by atoms with Gasteiger partial charge in [0.1, 0.15) is 5.82 Å². The molecule has 1 aromatic rings. The lowest BCUT2D eigenvalue weighted by molar-refractivity contribution is -0.213. The molecule has 7 heteroatoms. The molecule has 0 spiro atoms. The van der Waals surface area contributed by atoms with Crippen LogP contribution in [-0.2, 0) is 9.53 Å². The summed E-state index contributed by atoms with van der Waals surface area (Å²) in [6.07, 6.45) is 9.04. The number of amides is 2. The highest BCUT2D eigenvalue weighted by Crippen LogP contribution is 2.67. The Morgan fingerprint density at radius 3 is 2.72 bits per heavy atom. The highest BCUT2D eigenvalue weighted by atomic mass is 16.5. The molecule has 4 aliphatic carbocycles. The fourth-order valence-electron chi connectivity index (χ4n) is 7.22. The van der Waals surface area contributed by atoms with Crippen LogP contribution in [0.25, 0.3) is 0 Å². The third-order valence-electron chi connectivity index (χ3n) is 7.21. The minimum Gasteiger partial charge on any atom is -0.373 e. The summed E-state index contributed by atoms with van der Waals surface area (Å²) in [6, 6.07) is 1.66. The topological polar surface area (TPSA) is 92.3 Å². The van der Waals surface area contributed by atoms with Crippen molar-refractivity contribution < 1.29 is 14.3 Å². The van der Waals surface area contributed by atoms with E-state index >= 15 is 0 Å². The maximum Gasteiger partial charge on any atom is 0.253 e. The van der Waals surface area contributed by atoms with E-state index in [1.165, 1.54) is 31.9 Å². The molecule has 3 N–H and O–H groups in total. The van der Waals surface area contributed by atoms with Crippen molar-refractivity contribution in [2.75, 3.05) is 30.3 Å².